The van der Waals surface area contributed by atoms with Gasteiger partial charge in [0.15, 0.2) is 0 Å². The van der Waals surface area contributed by atoms with Gasteiger partial charge < -0.3 is 24.6 Å². The second-order valence-electron chi connectivity index (χ2n) is 11.7. The van der Waals surface area contributed by atoms with Crippen molar-refractivity contribution in [1.82, 2.24) is 20.3 Å². The van der Waals surface area contributed by atoms with Crippen LogP contribution in [0.3, 0.4) is 0 Å². The SMILES string of the molecule is COC(=O)C1CCN(c2nccc(Sc3cnc(N4CCC(C)(CNC(=O)OC(C)(C)C)CC4)cn3)c2Cl)CC1. The average molecular weight is 591 g/mol. The van der Waals surface area contributed by atoms with E-state index >= 15 is 0 Å². The number of pyridine rings is 1. The topological polar surface area (TPSA) is 110 Å². The Bertz CT molecular complexity index is 1180. The van der Waals surface area contributed by atoms with Gasteiger partial charge in [-0.2, -0.15) is 0 Å². The highest BCUT2D eigenvalue weighted by Gasteiger charge is 2.32. The lowest BCUT2D eigenvalue weighted by atomic mass is 9.80. The maximum Gasteiger partial charge on any atom is 0.407 e. The number of piperidine rings is 2. The average Bonchev–Trinajstić information content (AvgIpc) is 2.93. The highest BCUT2D eigenvalue weighted by molar-refractivity contribution is 7.99. The number of esters is 1. The third-order valence-corrected chi connectivity index (χ3v) is 8.81. The summed E-state index contributed by atoms with van der Waals surface area (Å²) in [5.41, 5.74) is -0.506. The monoisotopic (exact) mass is 590 g/mol. The zero-order valence-corrected chi connectivity index (χ0v) is 25.5. The van der Waals surface area contributed by atoms with E-state index in [1.807, 2.05) is 26.8 Å². The molecular weight excluding hydrogens is 552 g/mol. The van der Waals surface area contributed by atoms with Crippen LogP contribution in [0.4, 0.5) is 16.4 Å². The maximum absolute atomic E-state index is 12.1. The van der Waals surface area contributed by atoms with Gasteiger partial charge in [-0.15, -0.1) is 0 Å². The van der Waals surface area contributed by atoms with Crippen molar-refractivity contribution in [2.75, 3.05) is 49.6 Å². The Morgan fingerprint density at radius 3 is 2.40 bits per heavy atom. The lowest BCUT2D eigenvalue weighted by molar-refractivity contribution is -0.146. The number of nitrogens with one attached hydrogen (secondary N) is 1. The minimum Gasteiger partial charge on any atom is -0.469 e. The van der Waals surface area contributed by atoms with Crippen LogP contribution in [0.2, 0.25) is 5.02 Å². The Labute approximate surface area is 245 Å². The number of halogens is 1. The van der Waals surface area contributed by atoms with Gasteiger partial charge in [0, 0.05) is 43.8 Å². The van der Waals surface area contributed by atoms with Crippen LogP contribution in [-0.2, 0) is 14.3 Å². The van der Waals surface area contributed by atoms with E-state index in [1.54, 1.807) is 18.6 Å². The summed E-state index contributed by atoms with van der Waals surface area (Å²) in [5.74, 6) is 1.33. The Morgan fingerprint density at radius 1 is 1.10 bits per heavy atom. The quantitative estimate of drug-likeness (QED) is 0.432. The normalized spacial score (nSPS) is 17.9. The van der Waals surface area contributed by atoms with Crippen LogP contribution in [0.5, 0.6) is 0 Å². The van der Waals surface area contributed by atoms with E-state index in [0.29, 0.717) is 37.5 Å². The van der Waals surface area contributed by atoms with E-state index in [1.165, 1.54) is 18.9 Å². The van der Waals surface area contributed by atoms with Crippen LogP contribution in [0.1, 0.15) is 53.4 Å². The fraction of sp³-hybridized carbons (Fsp3) is 0.607. The first-order valence-corrected chi connectivity index (χ1v) is 14.8. The minimum absolute atomic E-state index is 0.000995. The summed E-state index contributed by atoms with van der Waals surface area (Å²) in [4.78, 5) is 43.0. The number of carbonyl (C=O) groups is 2. The molecule has 4 rings (SSSR count). The summed E-state index contributed by atoms with van der Waals surface area (Å²) in [5, 5.41) is 4.25. The lowest BCUT2D eigenvalue weighted by Gasteiger charge is -2.40. The Morgan fingerprint density at radius 2 is 1.80 bits per heavy atom. The van der Waals surface area contributed by atoms with Gasteiger partial charge in [-0.3, -0.25) is 4.79 Å². The summed E-state index contributed by atoms with van der Waals surface area (Å²) in [7, 11) is 1.43. The fourth-order valence-corrected chi connectivity index (χ4v) is 5.99. The molecule has 2 aromatic rings. The molecule has 0 saturated carbocycles. The molecule has 0 radical (unpaired) electrons. The van der Waals surface area contributed by atoms with Gasteiger partial charge in [0.25, 0.3) is 0 Å². The third kappa shape index (κ3) is 7.90. The van der Waals surface area contributed by atoms with Crippen molar-refractivity contribution in [3.05, 3.63) is 29.7 Å². The molecule has 0 aliphatic carbocycles. The highest BCUT2D eigenvalue weighted by Crippen LogP contribution is 2.38. The number of hydrogen-bond acceptors (Lipinski definition) is 10. The first-order valence-electron chi connectivity index (χ1n) is 13.7. The number of alkyl carbamates (subject to hydrolysis) is 1. The fourth-order valence-electron chi connectivity index (χ4n) is 4.90. The van der Waals surface area contributed by atoms with E-state index in [9.17, 15) is 9.59 Å². The molecule has 0 bridgehead atoms. The molecule has 218 valence electrons. The molecule has 2 aliphatic rings. The van der Waals surface area contributed by atoms with Gasteiger partial charge in [0.1, 0.15) is 22.3 Å². The number of aromatic nitrogens is 3. The molecule has 0 spiro atoms. The van der Waals surface area contributed by atoms with Crippen molar-refractivity contribution in [3.8, 4) is 0 Å². The molecule has 2 fully saturated rings. The molecule has 1 amide bonds. The summed E-state index contributed by atoms with van der Waals surface area (Å²) < 4.78 is 10.3. The van der Waals surface area contributed by atoms with Crippen molar-refractivity contribution in [2.45, 2.75) is 68.9 Å². The van der Waals surface area contributed by atoms with Crippen LogP contribution in [-0.4, -0.2) is 72.4 Å². The summed E-state index contributed by atoms with van der Waals surface area (Å²) in [6.07, 6.45) is 8.23. The van der Waals surface area contributed by atoms with E-state index < -0.39 is 5.60 Å². The molecule has 4 heterocycles. The molecule has 1 N–H and O–H groups in total. The molecule has 2 aromatic heterocycles. The van der Waals surface area contributed by atoms with Crippen LogP contribution in [0.15, 0.2) is 34.6 Å². The summed E-state index contributed by atoms with van der Waals surface area (Å²) >= 11 is 8.22. The lowest BCUT2D eigenvalue weighted by Crippen LogP contribution is -2.45. The molecule has 0 unspecified atom stereocenters. The smallest absolute Gasteiger partial charge is 0.407 e. The van der Waals surface area contributed by atoms with Crippen molar-refractivity contribution in [2.24, 2.45) is 11.3 Å². The predicted molar refractivity (Wildman–Crippen MR) is 156 cm³/mol. The van der Waals surface area contributed by atoms with Crippen molar-refractivity contribution in [1.29, 1.82) is 0 Å². The zero-order valence-electron chi connectivity index (χ0n) is 23.9. The minimum atomic E-state index is -0.507. The largest absolute Gasteiger partial charge is 0.469 e. The summed E-state index contributed by atoms with van der Waals surface area (Å²) in [6, 6.07) is 1.88. The maximum atomic E-state index is 12.1. The van der Waals surface area contributed by atoms with Gasteiger partial charge in [-0.25, -0.2) is 19.7 Å². The Balaban J connectivity index is 1.30. The number of amides is 1. The second kappa shape index (κ2) is 12.8. The number of ether oxygens (including phenoxy) is 2. The molecular formula is C28H39ClN6O4S. The molecule has 40 heavy (non-hydrogen) atoms. The number of nitrogens with zero attached hydrogens (tertiary/aromatic N) is 5. The molecule has 0 aromatic carbocycles. The number of anilines is 2. The van der Waals surface area contributed by atoms with Gasteiger partial charge in [0.05, 0.1) is 30.4 Å². The number of hydrogen-bond donors (Lipinski definition) is 1. The molecule has 2 saturated heterocycles. The Kier molecular flexibility index (Phi) is 9.66. The van der Waals surface area contributed by atoms with Gasteiger partial charge in [-0.05, 0) is 57.9 Å². The number of carbonyl (C=O) groups excluding carboxylic acids is 2. The third-order valence-electron chi connectivity index (χ3n) is 7.35. The van der Waals surface area contributed by atoms with E-state index in [-0.39, 0.29) is 23.4 Å². The Hall–Kier alpha value is -2.79. The highest BCUT2D eigenvalue weighted by atomic mass is 35.5. The van der Waals surface area contributed by atoms with Crippen LogP contribution in [0.25, 0.3) is 0 Å². The zero-order chi connectivity index (χ0) is 28.9. The van der Waals surface area contributed by atoms with Gasteiger partial charge in [0.2, 0.25) is 0 Å². The van der Waals surface area contributed by atoms with E-state index in [0.717, 1.165) is 47.5 Å². The number of methoxy groups -OCH3 is 1. The standard InChI is InChI=1S/C28H39ClN6O4S/c1-27(2,3)39-26(37)33-18-28(4)9-14-34(15-10-28)21-16-32-22(17-31-21)40-20-6-11-30-24(23(20)29)35-12-7-19(8-13-35)25(36)38-5/h6,11,16-17,19H,7-10,12-15,18H2,1-5H3,(H,33,37). The molecule has 2 aliphatic heterocycles. The van der Waals surface area contributed by atoms with Crippen LogP contribution in [0, 0.1) is 11.3 Å². The first-order chi connectivity index (χ1) is 19.0. The van der Waals surface area contributed by atoms with Gasteiger partial charge >= 0.3 is 12.1 Å². The molecule has 0 atom stereocenters. The number of rotatable bonds is 7. The summed E-state index contributed by atoms with van der Waals surface area (Å²) in [6.45, 7) is 11.4. The van der Waals surface area contributed by atoms with Gasteiger partial charge in [-0.1, -0.05) is 30.3 Å². The molecule has 10 nitrogen and oxygen atoms in total. The van der Waals surface area contributed by atoms with Crippen molar-refractivity contribution < 1.29 is 19.1 Å². The predicted octanol–water partition coefficient (Wildman–Crippen LogP) is 5.20. The van der Waals surface area contributed by atoms with Crippen LogP contribution < -0.4 is 15.1 Å². The van der Waals surface area contributed by atoms with Crippen LogP contribution >= 0.6 is 23.4 Å². The van der Waals surface area contributed by atoms with E-state index in [4.69, 9.17) is 21.1 Å². The molecule has 12 heteroatoms. The first kappa shape index (κ1) is 30.2. The van der Waals surface area contributed by atoms with Crippen molar-refractivity contribution in [3.63, 3.8) is 0 Å². The van der Waals surface area contributed by atoms with Crippen molar-refractivity contribution >= 4 is 47.1 Å². The van der Waals surface area contributed by atoms with E-state index in [2.05, 4.69) is 37.0 Å². The second-order valence-corrected chi connectivity index (χ2v) is 13.1.